The van der Waals surface area contributed by atoms with Gasteiger partial charge in [0.15, 0.2) is 0 Å². The minimum atomic E-state index is -0.446. The van der Waals surface area contributed by atoms with E-state index in [2.05, 4.69) is 273 Å². The van der Waals surface area contributed by atoms with E-state index in [0.29, 0.717) is 0 Å². The van der Waals surface area contributed by atoms with Crippen LogP contribution in [0.4, 0.5) is 0 Å². The predicted molar refractivity (Wildman–Crippen MR) is 255 cm³/mol. The summed E-state index contributed by atoms with van der Waals surface area (Å²) < 4.78 is 0. The summed E-state index contributed by atoms with van der Waals surface area (Å²) in [6, 6.07) is 97.0. The van der Waals surface area contributed by atoms with Gasteiger partial charge in [-0.05, 0) is 71.5 Å². The number of rotatable bonds is 9. The molecule has 0 aliphatic rings. The molecular weight excluding hydrogens is 934 g/mol. The fourth-order valence-electron chi connectivity index (χ4n) is 6.54. The summed E-state index contributed by atoms with van der Waals surface area (Å²) in [7, 11) is -1.34. The Bertz CT molecular complexity index is 1860. The predicted octanol–water partition coefficient (Wildman–Crippen LogP) is 10.3. The van der Waals surface area contributed by atoms with Crippen molar-refractivity contribution < 1.29 is 20.1 Å². The Balaban J connectivity index is 0.000000145. The van der Waals surface area contributed by atoms with E-state index in [1.54, 1.807) is 0 Å². The minimum absolute atomic E-state index is 0. The monoisotopic (exact) mass is 979 g/mol. The molecule has 0 amide bonds. The van der Waals surface area contributed by atoms with Crippen molar-refractivity contribution in [2.45, 2.75) is 0 Å². The second-order valence-corrected chi connectivity index (χ2v) is 19.7. The van der Waals surface area contributed by atoms with Gasteiger partial charge in [0.1, 0.15) is 0 Å². The first-order valence-electron chi connectivity index (χ1n) is 19.2. The summed E-state index contributed by atoms with van der Waals surface area (Å²) in [5.41, 5.74) is 0. The quantitative estimate of drug-likeness (QED) is 0.127. The van der Waals surface area contributed by atoms with Crippen LogP contribution in [0.25, 0.3) is 0 Å². The zero-order valence-electron chi connectivity index (χ0n) is 32.2. The van der Waals surface area contributed by atoms with Crippen LogP contribution in [0, 0.1) is 0 Å². The van der Waals surface area contributed by atoms with E-state index in [0.717, 1.165) is 0 Å². The van der Waals surface area contributed by atoms with Crippen LogP contribution >= 0.6 is 23.8 Å². The molecule has 0 saturated carbocycles. The Morgan fingerprint density at radius 1 is 0.138 bits per heavy atom. The van der Waals surface area contributed by atoms with Crippen molar-refractivity contribution >= 4 is 71.5 Å². The fourth-order valence-corrected chi connectivity index (χ4v) is 13.5. The maximum atomic E-state index is 2.23. The average Bonchev–Trinajstić information content (AvgIpc) is 3.30. The largest absolute Gasteiger partial charge is 3.00 e. The third kappa shape index (κ3) is 12.0. The second kappa shape index (κ2) is 23.4. The topological polar surface area (TPSA) is 0 Å². The molecule has 282 valence electrons. The van der Waals surface area contributed by atoms with E-state index in [4.69, 9.17) is 0 Å². The first-order valence-corrected chi connectivity index (χ1v) is 23.2. The number of hydrogen-bond donors (Lipinski definition) is 0. The van der Waals surface area contributed by atoms with Crippen molar-refractivity contribution in [3.05, 3.63) is 273 Å². The van der Waals surface area contributed by atoms with Gasteiger partial charge in [0.25, 0.3) is 0 Å². The molecule has 0 N–H and O–H groups in total. The Labute approximate surface area is 362 Å². The average molecular weight is 979 g/mol. The van der Waals surface area contributed by atoms with E-state index in [-0.39, 0.29) is 20.1 Å². The van der Waals surface area contributed by atoms with E-state index in [1.165, 1.54) is 47.7 Å². The normalized spacial score (nSPS) is 10.4. The molecular formula is C54H45IrP3+3. The summed E-state index contributed by atoms with van der Waals surface area (Å²) >= 11 is 0. The van der Waals surface area contributed by atoms with E-state index >= 15 is 0 Å². The zero-order valence-corrected chi connectivity index (χ0v) is 37.2. The molecule has 0 bridgehead atoms. The third-order valence-corrected chi connectivity index (χ3v) is 16.5. The number of benzene rings is 9. The summed E-state index contributed by atoms with van der Waals surface area (Å²) in [5, 5.41) is 12.6. The minimum Gasteiger partial charge on any atom is -0.0622 e. The molecule has 9 rings (SSSR count). The Morgan fingerprint density at radius 3 is 0.310 bits per heavy atom. The van der Waals surface area contributed by atoms with Crippen LogP contribution in [-0.4, -0.2) is 0 Å². The van der Waals surface area contributed by atoms with Crippen molar-refractivity contribution in [2.75, 3.05) is 0 Å². The summed E-state index contributed by atoms with van der Waals surface area (Å²) in [4.78, 5) is 0. The smallest absolute Gasteiger partial charge is 0.0622 e. The van der Waals surface area contributed by atoms with Crippen LogP contribution in [0.2, 0.25) is 0 Å². The summed E-state index contributed by atoms with van der Waals surface area (Å²) in [5.74, 6) is 0. The third-order valence-electron chi connectivity index (χ3n) is 9.13. The van der Waals surface area contributed by atoms with Crippen molar-refractivity contribution in [1.82, 2.24) is 0 Å². The van der Waals surface area contributed by atoms with Crippen molar-refractivity contribution in [3.8, 4) is 0 Å². The molecule has 58 heavy (non-hydrogen) atoms. The molecule has 0 nitrogen and oxygen atoms in total. The molecule has 0 aliphatic carbocycles. The first kappa shape index (κ1) is 42.5. The van der Waals surface area contributed by atoms with Crippen LogP contribution in [-0.2, 0) is 20.1 Å². The summed E-state index contributed by atoms with van der Waals surface area (Å²) in [6.45, 7) is 0. The molecule has 4 heteroatoms. The maximum absolute atomic E-state index is 2.23. The standard InChI is InChI=1S/3C18H15P.Ir/c3*1-4-10-16(11-5-1)19(17-12-6-2-7-13-17)18-14-8-3-9-15-18;/h3*1-15H;/q;;;+3. The number of hydrogen-bond acceptors (Lipinski definition) is 0. The molecule has 9 aromatic carbocycles. The molecule has 0 heterocycles. The van der Waals surface area contributed by atoms with Crippen molar-refractivity contribution in [2.24, 2.45) is 0 Å². The molecule has 9 aromatic rings. The van der Waals surface area contributed by atoms with Crippen LogP contribution in [0.5, 0.6) is 0 Å². The molecule has 0 atom stereocenters. The molecule has 0 radical (unpaired) electrons. The Hall–Kier alpha value is -5.08. The van der Waals surface area contributed by atoms with Crippen molar-refractivity contribution in [3.63, 3.8) is 0 Å². The van der Waals surface area contributed by atoms with Gasteiger partial charge in [-0.25, -0.2) is 0 Å². The zero-order chi connectivity index (χ0) is 38.7. The van der Waals surface area contributed by atoms with Crippen LogP contribution in [0.15, 0.2) is 273 Å². The van der Waals surface area contributed by atoms with Crippen LogP contribution in [0.1, 0.15) is 0 Å². The molecule has 0 saturated heterocycles. The maximum Gasteiger partial charge on any atom is 3.00 e. The van der Waals surface area contributed by atoms with Crippen molar-refractivity contribution in [1.29, 1.82) is 0 Å². The van der Waals surface area contributed by atoms with Gasteiger partial charge in [0, 0.05) is 0 Å². The van der Waals surface area contributed by atoms with Crippen LogP contribution < -0.4 is 47.7 Å². The first-order chi connectivity index (χ1) is 28.3. The molecule has 0 unspecified atom stereocenters. The van der Waals surface area contributed by atoms with Gasteiger partial charge in [-0.15, -0.1) is 0 Å². The molecule has 0 aromatic heterocycles. The summed E-state index contributed by atoms with van der Waals surface area (Å²) in [6.07, 6.45) is 0. The molecule has 0 spiro atoms. The van der Waals surface area contributed by atoms with Crippen LogP contribution in [0.3, 0.4) is 0 Å². The van der Waals surface area contributed by atoms with E-state index in [1.807, 2.05) is 0 Å². The Kier molecular flexibility index (Phi) is 17.1. The fraction of sp³-hybridized carbons (Fsp3) is 0. The van der Waals surface area contributed by atoms with E-state index in [9.17, 15) is 0 Å². The Morgan fingerprint density at radius 2 is 0.224 bits per heavy atom. The van der Waals surface area contributed by atoms with Gasteiger partial charge in [-0.1, -0.05) is 273 Å². The second-order valence-electron chi connectivity index (χ2n) is 13.0. The van der Waals surface area contributed by atoms with Gasteiger partial charge >= 0.3 is 20.1 Å². The molecule has 0 aliphatic heterocycles. The molecule has 0 fully saturated rings. The van der Waals surface area contributed by atoms with Gasteiger partial charge in [-0.3, -0.25) is 0 Å². The van der Waals surface area contributed by atoms with Gasteiger partial charge in [0.2, 0.25) is 0 Å². The van der Waals surface area contributed by atoms with Gasteiger partial charge < -0.3 is 0 Å². The SMILES string of the molecule is [Ir+3].c1ccc(P(c2ccccc2)c2ccccc2)cc1.c1ccc(P(c2ccccc2)c2ccccc2)cc1.c1ccc(P(c2ccccc2)c2ccccc2)cc1. The van der Waals surface area contributed by atoms with Gasteiger partial charge in [0.05, 0.1) is 0 Å². The van der Waals surface area contributed by atoms with E-state index < -0.39 is 23.8 Å². The van der Waals surface area contributed by atoms with Gasteiger partial charge in [-0.2, -0.15) is 0 Å².